The minimum Gasteiger partial charge on any atom is -0.350 e. The molecule has 0 bridgehead atoms. The number of aryl methyl sites for hydroxylation is 2. The number of amides is 1. The normalized spacial score (nSPS) is 12.8. The summed E-state index contributed by atoms with van der Waals surface area (Å²) in [7, 11) is 2.07. The Morgan fingerprint density at radius 2 is 2.04 bits per heavy atom. The van der Waals surface area contributed by atoms with E-state index in [1.54, 1.807) is 0 Å². The quantitative estimate of drug-likeness (QED) is 0.598. The number of nitrogens with two attached hydrogens (primary N) is 1. The Balaban J connectivity index is 1.95. The molecule has 0 saturated carbocycles. The van der Waals surface area contributed by atoms with Gasteiger partial charge in [-0.05, 0) is 55.1 Å². The van der Waals surface area contributed by atoms with E-state index in [2.05, 4.69) is 41.0 Å². The van der Waals surface area contributed by atoms with Crippen LogP contribution in [0.2, 0.25) is 0 Å². The van der Waals surface area contributed by atoms with Crippen molar-refractivity contribution in [3.8, 4) is 0 Å². The summed E-state index contributed by atoms with van der Waals surface area (Å²) in [6.45, 7) is 4.47. The highest BCUT2D eigenvalue weighted by Crippen LogP contribution is 2.35. The molecular weight excluding hydrogens is 324 g/mol. The molecule has 2 aromatic carbocycles. The second kappa shape index (κ2) is 6.11. The molecule has 0 fully saturated rings. The van der Waals surface area contributed by atoms with E-state index in [0.717, 1.165) is 21.7 Å². The minimum atomic E-state index is -0.0969. The first-order valence-electron chi connectivity index (χ1n) is 8.76. The van der Waals surface area contributed by atoms with Crippen molar-refractivity contribution in [2.24, 2.45) is 12.8 Å². The molecule has 4 rings (SSSR count). The Bertz CT molecular complexity index is 1160. The van der Waals surface area contributed by atoms with E-state index in [1.807, 2.05) is 37.5 Å². The van der Waals surface area contributed by atoms with E-state index in [1.165, 1.54) is 16.5 Å². The smallest absolute Gasteiger partial charge is 0.251 e. The number of carbonyl (C=O) groups is 1. The zero-order valence-electron chi connectivity index (χ0n) is 15.2. The van der Waals surface area contributed by atoms with Crippen LogP contribution in [0.1, 0.15) is 22.8 Å². The largest absolute Gasteiger partial charge is 0.350 e. The average Bonchev–Trinajstić information content (AvgIpc) is 2.92. The first-order valence-corrected chi connectivity index (χ1v) is 8.76. The number of nitrogens with one attached hydrogen (secondary N) is 1. The maximum Gasteiger partial charge on any atom is 0.251 e. The van der Waals surface area contributed by atoms with Crippen LogP contribution in [0, 0.1) is 6.92 Å². The second-order valence-corrected chi connectivity index (χ2v) is 6.97. The molecule has 0 radical (unpaired) electrons. The van der Waals surface area contributed by atoms with Gasteiger partial charge >= 0.3 is 0 Å². The van der Waals surface area contributed by atoms with Crippen LogP contribution < -0.4 is 11.1 Å². The fourth-order valence-electron chi connectivity index (χ4n) is 3.72. The van der Waals surface area contributed by atoms with Crippen molar-refractivity contribution in [2.75, 3.05) is 6.54 Å². The number of hydrogen-bond acceptors (Lipinski definition) is 3. The summed E-state index contributed by atoms with van der Waals surface area (Å²) in [6, 6.07) is 10.00. The number of hydrogen-bond donors (Lipinski definition) is 2. The lowest BCUT2D eigenvalue weighted by molar-refractivity contribution is 0.0952. The maximum atomic E-state index is 12.4. The zero-order chi connectivity index (χ0) is 18.4. The van der Waals surface area contributed by atoms with Crippen molar-refractivity contribution < 1.29 is 4.79 Å². The third kappa shape index (κ3) is 2.52. The summed E-state index contributed by atoms with van der Waals surface area (Å²) in [6.07, 6.45) is 3.71. The lowest BCUT2D eigenvalue weighted by Gasteiger charge is -2.08. The number of carbonyl (C=O) groups excluding carboxylic acids is 1. The number of benzene rings is 2. The molecule has 0 aliphatic heterocycles. The average molecular weight is 346 g/mol. The van der Waals surface area contributed by atoms with Crippen molar-refractivity contribution in [1.82, 2.24) is 14.9 Å². The molecule has 0 spiro atoms. The van der Waals surface area contributed by atoms with E-state index < -0.39 is 0 Å². The monoisotopic (exact) mass is 346 g/mol. The lowest BCUT2D eigenvalue weighted by Crippen LogP contribution is -2.35. The fourth-order valence-corrected chi connectivity index (χ4v) is 3.72. The third-order valence-corrected chi connectivity index (χ3v) is 5.00. The van der Waals surface area contributed by atoms with E-state index in [9.17, 15) is 4.79 Å². The van der Waals surface area contributed by atoms with Gasteiger partial charge in [0.25, 0.3) is 5.91 Å². The highest BCUT2D eigenvalue weighted by molar-refractivity contribution is 6.15. The topological polar surface area (TPSA) is 72.9 Å². The van der Waals surface area contributed by atoms with Crippen LogP contribution in [0.4, 0.5) is 0 Å². The van der Waals surface area contributed by atoms with Gasteiger partial charge in [-0.2, -0.15) is 0 Å². The lowest BCUT2D eigenvalue weighted by atomic mass is 10.0. The molecule has 4 aromatic rings. The number of aromatic nitrogens is 2. The maximum absolute atomic E-state index is 12.4. The number of pyridine rings is 1. The van der Waals surface area contributed by atoms with Gasteiger partial charge in [0.2, 0.25) is 0 Å². The molecule has 26 heavy (non-hydrogen) atoms. The van der Waals surface area contributed by atoms with Gasteiger partial charge in [0, 0.05) is 59.3 Å². The van der Waals surface area contributed by atoms with Gasteiger partial charge < -0.3 is 15.6 Å². The predicted molar refractivity (Wildman–Crippen MR) is 106 cm³/mol. The number of rotatable bonds is 3. The molecule has 1 unspecified atom stereocenters. The third-order valence-electron chi connectivity index (χ3n) is 5.00. The molecule has 1 amide bonds. The van der Waals surface area contributed by atoms with E-state index in [-0.39, 0.29) is 11.9 Å². The molecular formula is C21H22N4O. The molecule has 3 N–H and O–H groups in total. The van der Waals surface area contributed by atoms with E-state index in [4.69, 9.17) is 5.73 Å². The molecule has 0 aliphatic carbocycles. The van der Waals surface area contributed by atoms with E-state index in [0.29, 0.717) is 12.1 Å². The summed E-state index contributed by atoms with van der Waals surface area (Å²) < 4.78 is 2.20. The molecule has 2 aromatic heterocycles. The highest BCUT2D eigenvalue weighted by atomic mass is 16.1. The number of nitrogens with zero attached hydrogens (tertiary/aromatic N) is 2. The van der Waals surface area contributed by atoms with Crippen LogP contribution in [-0.2, 0) is 7.05 Å². The zero-order valence-corrected chi connectivity index (χ0v) is 15.2. The van der Waals surface area contributed by atoms with Gasteiger partial charge in [-0.15, -0.1) is 0 Å². The van der Waals surface area contributed by atoms with Crippen LogP contribution in [-0.4, -0.2) is 28.0 Å². The second-order valence-electron chi connectivity index (χ2n) is 6.97. The van der Waals surface area contributed by atoms with Crippen LogP contribution in [0.5, 0.6) is 0 Å². The molecule has 5 nitrogen and oxygen atoms in total. The summed E-state index contributed by atoms with van der Waals surface area (Å²) >= 11 is 0. The van der Waals surface area contributed by atoms with Crippen LogP contribution in [0.15, 0.2) is 42.7 Å². The molecule has 0 saturated heterocycles. The highest BCUT2D eigenvalue weighted by Gasteiger charge is 2.15. The fraction of sp³-hybridized carbons (Fsp3) is 0.238. The van der Waals surface area contributed by atoms with Gasteiger partial charge in [0.05, 0.1) is 5.52 Å². The SMILES string of the molecule is Cc1c2ccncc2cc2c3cc(C(=O)NCC(C)N)ccc3n(C)c12. The van der Waals surface area contributed by atoms with E-state index >= 15 is 0 Å². The van der Waals surface area contributed by atoms with Crippen LogP contribution in [0.3, 0.4) is 0 Å². The van der Waals surface area contributed by atoms with Gasteiger partial charge in [-0.3, -0.25) is 9.78 Å². The van der Waals surface area contributed by atoms with Gasteiger partial charge in [-0.25, -0.2) is 0 Å². The Morgan fingerprint density at radius 1 is 1.23 bits per heavy atom. The standard InChI is InChI=1S/C21H22N4O/c1-12(22)10-24-21(26)14-4-5-19-17(8-14)18-9-15-11-23-7-6-16(15)13(2)20(18)25(19)3/h4-9,11-12H,10,22H2,1-3H3,(H,24,26). The Kier molecular flexibility index (Phi) is 3.89. The molecule has 0 aliphatic rings. The summed E-state index contributed by atoms with van der Waals surface area (Å²) in [5.74, 6) is -0.0969. The Hall–Kier alpha value is -2.92. The molecule has 2 heterocycles. The van der Waals surface area contributed by atoms with Crippen molar-refractivity contribution in [3.63, 3.8) is 0 Å². The molecule has 5 heteroatoms. The van der Waals surface area contributed by atoms with Gasteiger partial charge in [0.15, 0.2) is 0 Å². The van der Waals surface area contributed by atoms with Crippen LogP contribution >= 0.6 is 0 Å². The van der Waals surface area contributed by atoms with Crippen LogP contribution in [0.25, 0.3) is 32.6 Å². The van der Waals surface area contributed by atoms with Crippen molar-refractivity contribution in [3.05, 3.63) is 53.9 Å². The van der Waals surface area contributed by atoms with Gasteiger partial charge in [-0.1, -0.05) is 0 Å². The molecule has 132 valence electrons. The number of fused-ring (bicyclic) bond motifs is 4. The minimum absolute atomic E-state index is 0.0678. The Morgan fingerprint density at radius 3 is 2.81 bits per heavy atom. The Labute approximate surface area is 151 Å². The first-order chi connectivity index (χ1) is 12.5. The summed E-state index contributed by atoms with van der Waals surface area (Å²) in [5.41, 5.74) is 9.90. The van der Waals surface area contributed by atoms with Gasteiger partial charge in [0.1, 0.15) is 0 Å². The van der Waals surface area contributed by atoms with Crippen molar-refractivity contribution >= 4 is 38.5 Å². The van der Waals surface area contributed by atoms with Crippen molar-refractivity contribution in [1.29, 1.82) is 0 Å². The van der Waals surface area contributed by atoms with Crippen molar-refractivity contribution in [2.45, 2.75) is 19.9 Å². The first kappa shape index (κ1) is 16.5. The summed E-state index contributed by atoms with van der Waals surface area (Å²) in [4.78, 5) is 16.7. The summed E-state index contributed by atoms with van der Waals surface area (Å²) in [5, 5.41) is 7.40. The predicted octanol–water partition coefficient (Wildman–Crippen LogP) is 3.27. The molecule has 1 atom stereocenters.